The molecule has 0 saturated carbocycles. The number of para-hydroxylation sites is 2. The second-order valence-electron chi connectivity index (χ2n) is 4.58. The molecule has 0 heterocycles. The zero-order valence-corrected chi connectivity index (χ0v) is 11.2. The van der Waals surface area contributed by atoms with E-state index in [0.717, 1.165) is 11.4 Å². The van der Waals surface area contributed by atoms with Gasteiger partial charge in [0.05, 0.1) is 6.54 Å². The topological polar surface area (TPSA) is 3.24 Å². The highest BCUT2D eigenvalue weighted by Gasteiger charge is 2.09. The summed E-state index contributed by atoms with van der Waals surface area (Å²) in [5.74, 6) is 0. The van der Waals surface area contributed by atoms with Crippen LogP contribution in [0.25, 0.3) is 0 Å². The highest BCUT2D eigenvalue weighted by molar-refractivity contribution is 5.66. The molecule has 0 saturated heterocycles. The van der Waals surface area contributed by atoms with Gasteiger partial charge in [-0.25, -0.2) is 0 Å². The van der Waals surface area contributed by atoms with Crippen LogP contribution >= 0.6 is 0 Å². The minimum atomic E-state index is 1.16. The third kappa shape index (κ3) is 2.89. The van der Waals surface area contributed by atoms with E-state index in [1.807, 2.05) is 18.2 Å². The number of rotatable bonds is 4. The van der Waals surface area contributed by atoms with Crippen LogP contribution in [0.2, 0.25) is 0 Å². The van der Waals surface area contributed by atoms with Crippen molar-refractivity contribution in [3.8, 4) is 0 Å². The summed E-state index contributed by atoms with van der Waals surface area (Å²) in [6, 6.07) is 31.1. The Morgan fingerprint density at radius 2 is 0.900 bits per heavy atom. The average Bonchev–Trinajstić information content (AvgIpc) is 2.55. The molecule has 0 bridgehead atoms. The molecule has 1 heteroatoms. The molecule has 0 aliphatic rings. The van der Waals surface area contributed by atoms with Crippen molar-refractivity contribution in [1.29, 1.82) is 0 Å². The normalized spacial score (nSPS) is 10.2. The van der Waals surface area contributed by atoms with Crippen molar-refractivity contribution in [1.82, 2.24) is 0 Å². The molecule has 0 aliphatic heterocycles. The first-order valence-corrected chi connectivity index (χ1v) is 6.73. The maximum Gasteiger partial charge on any atom is 0.0840 e. The summed E-state index contributed by atoms with van der Waals surface area (Å²) in [6.45, 7) is 2.16. The van der Waals surface area contributed by atoms with E-state index < -0.39 is 0 Å². The van der Waals surface area contributed by atoms with Gasteiger partial charge in [0, 0.05) is 11.4 Å². The van der Waals surface area contributed by atoms with Gasteiger partial charge in [-0.15, -0.1) is 0 Å². The number of hydrogen-bond acceptors (Lipinski definition) is 1. The Morgan fingerprint density at radius 1 is 0.500 bits per heavy atom. The monoisotopic (exact) mass is 258 g/mol. The van der Waals surface area contributed by atoms with E-state index in [1.54, 1.807) is 0 Å². The third-order valence-corrected chi connectivity index (χ3v) is 3.15. The van der Waals surface area contributed by atoms with Crippen molar-refractivity contribution >= 4 is 11.4 Å². The van der Waals surface area contributed by atoms with Gasteiger partial charge in [-0.05, 0) is 29.8 Å². The van der Waals surface area contributed by atoms with Crippen molar-refractivity contribution < 1.29 is 0 Å². The van der Waals surface area contributed by atoms with Gasteiger partial charge in [0.25, 0.3) is 0 Å². The molecule has 0 atom stereocenters. The molecule has 0 aromatic heterocycles. The maximum absolute atomic E-state index is 2.20. The lowest BCUT2D eigenvalue weighted by Crippen LogP contribution is -2.13. The Morgan fingerprint density at radius 3 is 1.35 bits per heavy atom. The fourth-order valence-electron chi connectivity index (χ4n) is 2.16. The zero-order chi connectivity index (χ0) is 13.6. The second-order valence-corrected chi connectivity index (χ2v) is 4.58. The summed E-state index contributed by atoms with van der Waals surface area (Å²) in [7, 11) is 0. The number of nitrogens with zero attached hydrogens (tertiary/aromatic N) is 1. The molecular formula is C19H16N. The molecule has 1 radical (unpaired) electrons. The van der Waals surface area contributed by atoms with Gasteiger partial charge < -0.3 is 4.90 Å². The molecule has 20 heavy (non-hydrogen) atoms. The van der Waals surface area contributed by atoms with Gasteiger partial charge in [0.15, 0.2) is 0 Å². The summed E-state index contributed by atoms with van der Waals surface area (Å²) in [5.41, 5.74) is 3.49. The quantitative estimate of drug-likeness (QED) is 0.634. The molecular weight excluding hydrogens is 242 g/mol. The summed E-state index contributed by atoms with van der Waals surface area (Å²) in [4.78, 5) is 2.20. The Hall–Kier alpha value is -2.54. The first-order chi connectivity index (χ1) is 9.93. The van der Waals surface area contributed by atoms with Crippen molar-refractivity contribution in [3.05, 3.63) is 103 Å². The first-order valence-electron chi connectivity index (χ1n) is 6.73. The van der Waals surface area contributed by atoms with Gasteiger partial charge in [-0.3, -0.25) is 0 Å². The fourth-order valence-corrected chi connectivity index (χ4v) is 2.16. The maximum atomic E-state index is 2.20. The zero-order valence-electron chi connectivity index (χ0n) is 11.2. The Kier molecular flexibility index (Phi) is 3.79. The number of hydrogen-bond donors (Lipinski definition) is 0. The lowest BCUT2D eigenvalue weighted by molar-refractivity contribution is 1.18. The Bertz CT molecular complexity index is 593. The smallest absolute Gasteiger partial charge is 0.0840 e. The second kappa shape index (κ2) is 6.07. The summed E-state index contributed by atoms with van der Waals surface area (Å²) >= 11 is 0. The van der Waals surface area contributed by atoms with Gasteiger partial charge in [-0.2, -0.15) is 0 Å². The van der Waals surface area contributed by atoms with Gasteiger partial charge in [0.1, 0.15) is 0 Å². The van der Waals surface area contributed by atoms with Crippen LogP contribution in [0.5, 0.6) is 0 Å². The molecule has 0 aliphatic carbocycles. The van der Waals surface area contributed by atoms with Crippen LogP contribution in [-0.2, 0) is 0 Å². The Balaban J connectivity index is 1.96. The summed E-state index contributed by atoms with van der Waals surface area (Å²) in [6.07, 6.45) is 0. The largest absolute Gasteiger partial charge is 0.331 e. The van der Waals surface area contributed by atoms with Crippen LogP contribution < -0.4 is 4.90 Å². The van der Waals surface area contributed by atoms with Crippen LogP contribution in [-0.4, -0.2) is 0 Å². The summed E-state index contributed by atoms with van der Waals surface area (Å²) in [5, 5.41) is 0. The highest BCUT2D eigenvalue weighted by atomic mass is 15.1. The lowest BCUT2D eigenvalue weighted by Gasteiger charge is -2.24. The van der Waals surface area contributed by atoms with E-state index in [0.29, 0.717) is 0 Å². The lowest BCUT2D eigenvalue weighted by atomic mass is 10.1. The van der Waals surface area contributed by atoms with Crippen LogP contribution in [0.4, 0.5) is 11.4 Å². The van der Waals surface area contributed by atoms with Crippen LogP contribution in [0.15, 0.2) is 91.0 Å². The van der Waals surface area contributed by atoms with Crippen LogP contribution in [0, 0.1) is 6.54 Å². The Labute approximate surface area is 120 Å². The van der Waals surface area contributed by atoms with Crippen LogP contribution in [0.1, 0.15) is 5.56 Å². The van der Waals surface area contributed by atoms with Gasteiger partial charge in [-0.1, -0.05) is 66.7 Å². The number of benzene rings is 3. The molecule has 97 valence electrons. The molecule has 0 N–H and O–H groups in total. The molecule has 3 aromatic rings. The number of anilines is 2. The van der Waals surface area contributed by atoms with Crippen molar-refractivity contribution in [3.63, 3.8) is 0 Å². The van der Waals surface area contributed by atoms with Gasteiger partial charge in [0.2, 0.25) is 0 Å². The van der Waals surface area contributed by atoms with Crippen molar-refractivity contribution in [2.75, 3.05) is 4.90 Å². The minimum absolute atomic E-state index is 1.16. The minimum Gasteiger partial charge on any atom is -0.331 e. The van der Waals surface area contributed by atoms with E-state index in [-0.39, 0.29) is 0 Å². The van der Waals surface area contributed by atoms with E-state index in [2.05, 4.69) is 84.2 Å². The summed E-state index contributed by atoms with van der Waals surface area (Å²) < 4.78 is 0. The molecule has 1 nitrogen and oxygen atoms in total. The van der Waals surface area contributed by atoms with Crippen molar-refractivity contribution in [2.24, 2.45) is 0 Å². The van der Waals surface area contributed by atoms with Crippen molar-refractivity contribution in [2.45, 2.75) is 0 Å². The van der Waals surface area contributed by atoms with E-state index in [4.69, 9.17) is 0 Å². The van der Waals surface area contributed by atoms with Gasteiger partial charge >= 0.3 is 0 Å². The average molecular weight is 258 g/mol. The van der Waals surface area contributed by atoms with E-state index >= 15 is 0 Å². The SMILES string of the molecule is [CH](c1ccccc1)N(c1ccccc1)c1ccccc1. The predicted octanol–water partition coefficient (Wildman–Crippen LogP) is 5.03. The van der Waals surface area contributed by atoms with E-state index in [1.165, 1.54) is 5.56 Å². The van der Waals surface area contributed by atoms with E-state index in [9.17, 15) is 0 Å². The first kappa shape index (κ1) is 12.5. The van der Waals surface area contributed by atoms with Crippen LogP contribution in [0.3, 0.4) is 0 Å². The fraction of sp³-hybridized carbons (Fsp3) is 0. The molecule has 0 fully saturated rings. The molecule has 3 rings (SSSR count). The molecule has 0 unspecified atom stereocenters. The molecule has 0 spiro atoms. The standard InChI is InChI=1S/C19H16N/c1-4-10-17(11-5-1)16-20(18-12-6-2-7-13-18)19-14-8-3-9-15-19/h1-16H. The molecule has 3 aromatic carbocycles. The highest BCUT2D eigenvalue weighted by Crippen LogP contribution is 2.27. The molecule has 0 amide bonds. The third-order valence-electron chi connectivity index (χ3n) is 3.15. The predicted molar refractivity (Wildman–Crippen MR) is 84.9 cm³/mol.